The molecule has 0 spiro atoms. The Balaban J connectivity index is 1.12. The van der Waals surface area contributed by atoms with Gasteiger partial charge in [0.2, 0.25) is 0 Å². The fourth-order valence-electron chi connectivity index (χ4n) is 5.37. The number of hydrogen-bond acceptors (Lipinski definition) is 6. The topological polar surface area (TPSA) is 89.3 Å². The number of amides is 1. The standard InChI is InChI=1S/C23H20Cl2N2O4S2/c1-33(29,30)23(6-7-23)18-5-4-17(31-18)19(28)27-22-10-21(11-22,12-22)20-26-16(9-32-20)13-2-3-14(24)15(25)8-13/h2-5,8-9H,6-7,10-12H2,1H3,(H,27,28). The van der Waals surface area contributed by atoms with Crippen molar-refractivity contribution in [2.24, 2.45) is 0 Å². The van der Waals surface area contributed by atoms with Gasteiger partial charge in [-0.25, -0.2) is 13.4 Å². The van der Waals surface area contributed by atoms with Crippen LogP contribution in [0.5, 0.6) is 0 Å². The van der Waals surface area contributed by atoms with Crippen molar-refractivity contribution in [3.05, 3.63) is 62.3 Å². The van der Waals surface area contributed by atoms with E-state index >= 15 is 0 Å². The molecule has 0 atom stereocenters. The first-order chi connectivity index (χ1) is 15.5. The van der Waals surface area contributed by atoms with Crippen LogP contribution in [0.2, 0.25) is 10.0 Å². The summed E-state index contributed by atoms with van der Waals surface area (Å²) in [6.07, 6.45) is 4.79. The van der Waals surface area contributed by atoms with E-state index in [4.69, 9.17) is 32.6 Å². The second-order valence-electron chi connectivity index (χ2n) is 9.64. The number of thiazole rings is 1. The van der Waals surface area contributed by atoms with Crippen molar-refractivity contribution in [1.29, 1.82) is 0 Å². The van der Waals surface area contributed by atoms with Gasteiger partial charge in [-0.2, -0.15) is 0 Å². The second-order valence-corrected chi connectivity index (χ2v) is 13.6. The highest BCUT2D eigenvalue weighted by Crippen LogP contribution is 2.68. The van der Waals surface area contributed by atoms with E-state index in [1.165, 1.54) is 6.26 Å². The molecule has 2 bridgehead atoms. The lowest BCUT2D eigenvalue weighted by Gasteiger charge is -2.69. The van der Waals surface area contributed by atoms with Crippen LogP contribution in [0.25, 0.3) is 11.3 Å². The lowest BCUT2D eigenvalue weighted by molar-refractivity contribution is -0.0812. The van der Waals surface area contributed by atoms with E-state index in [9.17, 15) is 13.2 Å². The zero-order valence-electron chi connectivity index (χ0n) is 17.7. The zero-order valence-corrected chi connectivity index (χ0v) is 20.8. The van der Waals surface area contributed by atoms with Crippen LogP contribution < -0.4 is 5.32 Å². The summed E-state index contributed by atoms with van der Waals surface area (Å²) in [6, 6.07) is 8.68. The number of benzene rings is 1. The molecular weight excluding hydrogens is 503 g/mol. The third-order valence-corrected chi connectivity index (χ3v) is 11.1. The number of hydrogen-bond donors (Lipinski definition) is 1. The van der Waals surface area contributed by atoms with Gasteiger partial charge < -0.3 is 9.73 Å². The molecule has 4 aliphatic rings. The molecule has 10 heteroatoms. The van der Waals surface area contributed by atoms with Crippen LogP contribution in [0.1, 0.15) is 53.4 Å². The molecule has 2 heterocycles. The number of sulfone groups is 1. The number of carbonyl (C=O) groups is 1. The average Bonchev–Trinajstić information content (AvgIpc) is 3.16. The summed E-state index contributed by atoms with van der Waals surface area (Å²) in [7, 11) is -3.28. The predicted octanol–water partition coefficient (Wildman–Crippen LogP) is 5.35. The Labute approximate surface area is 205 Å². The van der Waals surface area contributed by atoms with E-state index in [0.717, 1.165) is 35.5 Å². The molecule has 4 fully saturated rings. The Morgan fingerprint density at radius 3 is 2.48 bits per heavy atom. The van der Waals surface area contributed by atoms with E-state index in [0.29, 0.717) is 28.6 Å². The smallest absolute Gasteiger partial charge is 0.287 e. The maximum Gasteiger partial charge on any atom is 0.287 e. The number of halogens is 2. The first kappa shape index (κ1) is 21.6. The monoisotopic (exact) mass is 522 g/mol. The van der Waals surface area contributed by atoms with E-state index < -0.39 is 14.6 Å². The fourth-order valence-corrected chi connectivity index (χ4v) is 8.02. The van der Waals surface area contributed by atoms with Gasteiger partial charge in [-0.05, 0) is 56.4 Å². The second kappa shape index (κ2) is 6.84. The molecule has 7 rings (SSSR count). The summed E-state index contributed by atoms with van der Waals surface area (Å²) in [6.45, 7) is 0. The largest absolute Gasteiger partial charge is 0.454 e. The lowest BCUT2D eigenvalue weighted by atomic mass is 9.39. The van der Waals surface area contributed by atoms with Crippen molar-refractivity contribution in [2.75, 3.05) is 6.26 Å². The Morgan fingerprint density at radius 1 is 1.12 bits per heavy atom. The van der Waals surface area contributed by atoms with Crippen molar-refractivity contribution in [2.45, 2.75) is 47.8 Å². The van der Waals surface area contributed by atoms with Gasteiger partial charge in [0.25, 0.3) is 5.91 Å². The molecule has 3 aromatic rings. The molecule has 33 heavy (non-hydrogen) atoms. The molecule has 0 radical (unpaired) electrons. The van der Waals surface area contributed by atoms with Crippen LogP contribution in [-0.4, -0.2) is 31.1 Å². The normalized spacial score (nSPS) is 26.9. The molecule has 4 saturated carbocycles. The average molecular weight is 523 g/mol. The van der Waals surface area contributed by atoms with E-state index in [1.54, 1.807) is 29.5 Å². The molecule has 4 aliphatic carbocycles. The third kappa shape index (κ3) is 3.21. The van der Waals surface area contributed by atoms with E-state index in [-0.39, 0.29) is 22.6 Å². The third-order valence-electron chi connectivity index (χ3n) is 7.27. The van der Waals surface area contributed by atoms with Gasteiger partial charge in [0, 0.05) is 28.2 Å². The SMILES string of the molecule is CS(=O)(=O)C1(c2ccc(C(=O)NC34CC(c5nc(-c6ccc(Cl)c(Cl)c6)cs5)(C3)C4)o2)CC1. The van der Waals surface area contributed by atoms with Crippen LogP contribution in [0.3, 0.4) is 0 Å². The number of rotatable bonds is 6. The van der Waals surface area contributed by atoms with Gasteiger partial charge in [-0.1, -0.05) is 29.3 Å². The quantitative estimate of drug-likeness (QED) is 0.471. The Morgan fingerprint density at radius 2 is 1.85 bits per heavy atom. The summed E-state index contributed by atoms with van der Waals surface area (Å²) in [5, 5.41) is 7.22. The molecule has 1 amide bonds. The van der Waals surface area contributed by atoms with Gasteiger partial charge in [-0.3, -0.25) is 4.79 Å². The van der Waals surface area contributed by atoms with E-state index in [2.05, 4.69) is 5.32 Å². The van der Waals surface area contributed by atoms with Gasteiger partial charge in [0.15, 0.2) is 15.6 Å². The molecule has 0 saturated heterocycles. The van der Waals surface area contributed by atoms with Crippen molar-refractivity contribution >= 4 is 50.3 Å². The molecule has 172 valence electrons. The van der Waals surface area contributed by atoms with Crippen LogP contribution in [0.15, 0.2) is 40.1 Å². The number of carbonyl (C=O) groups excluding carboxylic acids is 1. The highest BCUT2D eigenvalue weighted by molar-refractivity contribution is 7.91. The summed E-state index contributed by atoms with van der Waals surface area (Å²) in [5.41, 5.74) is 1.57. The summed E-state index contributed by atoms with van der Waals surface area (Å²) < 4.78 is 28.9. The van der Waals surface area contributed by atoms with Crippen molar-refractivity contribution < 1.29 is 17.6 Å². The maximum atomic E-state index is 12.8. The van der Waals surface area contributed by atoms with Crippen LogP contribution in [0.4, 0.5) is 0 Å². The number of nitrogens with zero attached hydrogens (tertiary/aromatic N) is 1. The van der Waals surface area contributed by atoms with Gasteiger partial charge in [0.05, 0.1) is 20.7 Å². The van der Waals surface area contributed by atoms with Gasteiger partial charge in [0.1, 0.15) is 10.5 Å². The van der Waals surface area contributed by atoms with Crippen molar-refractivity contribution in [3.63, 3.8) is 0 Å². The zero-order chi connectivity index (χ0) is 23.2. The van der Waals surface area contributed by atoms with E-state index in [1.807, 2.05) is 17.5 Å². The number of nitrogens with one attached hydrogen (secondary N) is 1. The summed E-state index contributed by atoms with van der Waals surface area (Å²) in [4.78, 5) is 17.6. The minimum atomic E-state index is -3.28. The van der Waals surface area contributed by atoms with Gasteiger partial charge in [-0.15, -0.1) is 11.3 Å². The highest BCUT2D eigenvalue weighted by atomic mass is 35.5. The minimum absolute atomic E-state index is 0.00903. The molecule has 0 aliphatic heterocycles. The van der Waals surface area contributed by atoms with Crippen molar-refractivity contribution in [3.8, 4) is 11.3 Å². The molecule has 0 unspecified atom stereocenters. The number of aromatic nitrogens is 1. The fraction of sp³-hybridized carbons (Fsp3) is 0.391. The van der Waals surface area contributed by atoms with Crippen LogP contribution in [-0.2, 0) is 20.0 Å². The molecule has 1 aromatic carbocycles. The Bertz CT molecular complexity index is 1400. The molecule has 2 aromatic heterocycles. The predicted molar refractivity (Wildman–Crippen MR) is 128 cm³/mol. The molecule has 6 nitrogen and oxygen atoms in total. The summed E-state index contributed by atoms with van der Waals surface area (Å²) >= 11 is 13.8. The van der Waals surface area contributed by atoms with Crippen LogP contribution >= 0.6 is 34.5 Å². The first-order valence-corrected chi connectivity index (χ1v) is 14.1. The van der Waals surface area contributed by atoms with Crippen LogP contribution in [0, 0.1) is 0 Å². The Hall–Kier alpha value is -1.87. The highest BCUT2D eigenvalue weighted by Gasteiger charge is 2.70. The van der Waals surface area contributed by atoms with Gasteiger partial charge >= 0.3 is 0 Å². The molecule has 1 N–H and O–H groups in total. The maximum absolute atomic E-state index is 12.8. The first-order valence-electron chi connectivity index (χ1n) is 10.6. The summed E-state index contributed by atoms with van der Waals surface area (Å²) in [5.74, 6) is 0.228. The minimum Gasteiger partial charge on any atom is -0.454 e. The number of furan rings is 1. The van der Waals surface area contributed by atoms with Crippen molar-refractivity contribution in [1.82, 2.24) is 10.3 Å². The lowest BCUT2D eigenvalue weighted by Crippen LogP contribution is -2.76. The molecular formula is C23H20Cl2N2O4S2. The Kier molecular flexibility index (Phi) is 4.49.